The second-order valence-corrected chi connectivity index (χ2v) is 26.5. The number of hydrogen-bond donors (Lipinski definition) is 21. The smallest absolute Gasteiger partial charge is 0.332 e. The Morgan fingerprint density at radius 3 is 1.65 bits per heavy atom. The topological polar surface area (TPSA) is 692 Å². The SMILES string of the molecule is CC(C)[C@H](NC(=O)[C@H](CCC(=O)O)NC(=O)[C@H](CO)NC(=O)[C@@H](C)CCCCN)C(=O)N[C@@H](CCC(N)=O)C(=O)N[C@@H](CCCCN)C(N)=O.CNC(=O)[C@H](CCN=C(N)N)NC(=O)[C@H](C)NC(=O)[C@H](CC(=O)O)OC(=O)COCC(=O)NCCOCCOCCNC(=O)[C@H](CC1=CC=C(O)C(I)C1)NC(C)=O. The van der Waals surface area contributed by atoms with Crippen LogP contribution in [-0.4, -0.2) is 265 Å². The van der Waals surface area contributed by atoms with E-state index in [2.05, 4.69) is 86.1 Å². The van der Waals surface area contributed by atoms with E-state index in [9.17, 15) is 97.1 Å². The number of esters is 1. The predicted molar refractivity (Wildman–Crippen MR) is 394 cm³/mol. The van der Waals surface area contributed by atoms with Gasteiger partial charge >= 0.3 is 17.9 Å². The summed E-state index contributed by atoms with van der Waals surface area (Å²) in [5.41, 5.74) is 33.1. The Morgan fingerprint density at radius 1 is 0.565 bits per heavy atom. The van der Waals surface area contributed by atoms with Crippen molar-refractivity contribution < 1.29 is 116 Å². The van der Waals surface area contributed by atoms with E-state index in [-0.39, 0.29) is 99.2 Å². The highest BCUT2D eigenvalue weighted by atomic mass is 127. The molecule has 0 aromatic rings. The highest BCUT2D eigenvalue weighted by Crippen LogP contribution is 2.27. The van der Waals surface area contributed by atoms with E-state index in [1.54, 1.807) is 32.9 Å². The molecule has 27 N–H and O–H groups in total. The summed E-state index contributed by atoms with van der Waals surface area (Å²) in [5, 5.41) is 65.1. The van der Waals surface area contributed by atoms with Crippen LogP contribution in [0.15, 0.2) is 28.5 Å². The van der Waals surface area contributed by atoms with E-state index in [0.717, 1.165) is 5.57 Å². The van der Waals surface area contributed by atoms with Crippen LogP contribution in [0.3, 0.4) is 0 Å². The Morgan fingerprint density at radius 2 is 1.11 bits per heavy atom. The number of carbonyl (C=O) groups is 16. The fourth-order valence-corrected chi connectivity index (χ4v) is 10.3. The maximum Gasteiger partial charge on any atom is 0.332 e. The number of amides is 13. The number of nitrogens with zero attached hydrogens (tertiary/aromatic N) is 1. The Kier molecular flexibility index (Phi) is 51.0. The van der Waals surface area contributed by atoms with Crippen molar-refractivity contribution in [2.24, 2.45) is 51.2 Å². The monoisotopic (exact) mass is 1650 g/mol. The summed E-state index contributed by atoms with van der Waals surface area (Å²) in [5.74, 6) is -14.6. The van der Waals surface area contributed by atoms with E-state index in [0.29, 0.717) is 58.0 Å². The van der Waals surface area contributed by atoms with Crippen molar-refractivity contribution in [2.75, 3.05) is 86.0 Å². The molecule has 42 nitrogen and oxygen atoms in total. The summed E-state index contributed by atoms with van der Waals surface area (Å²) in [6.45, 7) is 6.90. The second-order valence-electron chi connectivity index (χ2n) is 24.9. The minimum absolute atomic E-state index is 0.0105. The van der Waals surface area contributed by atoms with Crippen LogP contribution in [0, 0.1) is 11.8 Å². The van der Waals surface area contributed by atoms with Crippen LogP contribution in [0.25, 0.3) is 0 Å². The highest BCUT2D eigenvalue weighted by molar-refractivity contribution is 14.1. The third-order valence-corrected chi connectivity index (χ3v) is 16.5. The lowest BCUT2D eigenvalue weighted by atomic mass is 9.96. The molecule has 1 unspecified atom stereocenters. The van der Waals surface area contributed by atoms with Crippen LogP contribution in [0.4, 0.5) is 0 Å². The fraction of sp³-hybridized carbons (Fsp3) is 0.677. The van der Waals surface area contributed by atoms with E-state index >= 15 is 0 Å². The molecule has 0 radical (unpaired) electrons. The maximum atomic E-state index is 13.5. The maximum absolute atomic E-state index is 13.5. The highest BCUT2D eigenvalue weighted by Gasteiger charge is 2.36. The number of aliphatic carboxylic acids is 2. The summed E-state index contributed by atoms with van der Waals surface area (Å²) < 4.78 is 20.6. The number of unbranched alkanes of at least 4 members (excludes halogenated alkanes) is 2. The second kappa shape index (κ2) is 55.9. The van der Waals surface area contributed by atoms with E-state index < -0.39 is 188 Å². The third kappa shape index (κ3) is 44.6. The van der Waals surface area contributed by atoms with Gasteiger partial charge in [0.25, 0.3) is 5.91 Å². The molecule has 612 valence electrons. The van der Waals surface area contributed by atoms with Crippen LogP contribution < -0.4 is 92.9 Å². The molecule has 0 heterocycles. The van der Waals surface area contributed by atoms with Gasteiger partial charge in [-0.15, -0.1) is 0 Å². The van der Waals surface area contributed by atoms with Gasteiger partial charge in [0.1, 0.15) is 67.3 Å². The number of hydrogen-bond acceptors (Lipinski definition) is 25. The number of carboxylic acid groups (broad SMARTS) is 2. The first-order valence-electron chi connectivity index (χ1n) is 34.8. The number of carbonyl (C=O) groups excluding carboxylic acids is 14. The zero-order chi connectivity index (χ0) is 82.0. The minimum atomic E-state index is -1.86. The van der Waals surface area contributed by atoms with Crippen LogP contribution in [0.5, 0.6) is 0 Å². The fourth-order valence-electron chi connectivity index (χ4n) is 9.48. The van der Waals surface area contributed by atoms with E-state index in [4.69, 9.17) is 53.3 Å². The number of ether oxygens (including phenoxy) is 4. The Hall–Kier alpha value is -9.44. The molecular formula is C65H111IN18O24. The molecule has 1 aliphatic carbocycles. The molecule has 11 atom stereocenters. The molecular weight excluding hydrogens is 1540 g/mol. The number of nitrogens with two attached hydrogens (primary N) is 6. The minimum Gasteiger partial charge on any atom is -0.511 e. The quantitative estimate of drug-likeness (QED) is 0.00672. The molecule has 0 saturated heterocycles. The Bertz CT molecular complexity index is 3070. The number of allylic oxidation sites excluding steroid dienone is 3. The van der Waals surface area contributed by atoms with Crippen molar-refractivity contribution in [1.29, 1.82) is 0 Å². The number of likely N-dealkylation sites (N-methyl/N-ethyl adjacent to an activating group) is 1. The number of primary amides is 2. The number of guanidine groups is 1. The Balaban J connectivity index is 0.00000215. The van der Waals surface area contributed by atoms with Gasteiger partial charge in [0.2, 0.25) is 70.9 Å². The molecule has 1 rings (SSSR count). The lowest BCUT2D eigenvalue weighted by molar-refractivity contribution is -0.163. The summed E-state index contributed by atoms with van der Waals surface area (Å²) in [6.07, 6.45) is 2.93. The molecule has 0 bridgehead atoms. The standard InChI is InChI=1S/C34H54IN9O14.C31H57N9O10/c1-19(30(51)44-23(31(52)38-3)6-7-41-34(36)37)42-33(54)26(16-28(48)49)58-29(50)18-57-17-27(47)39-8-10-55-12-13-56-11-9-40-32(53)24(43-20(2)45)15-21-4-5-25(46)22(35)14-21;1-17(2)25(31(50)38-20(10-12-23(34)42)28(47)36-19(26(35)45)9-5-7-15-33)40-29(48)21(11-13-24(43)44)37-30(49)22(16-41)39-27(46)18(3)8-4-6-14-32/h4-5,19,22-24,26,46H,6-18H2,1-3H3,(H,38,52)(H,39,47)(H,40,53)(H,42,54)(H,43,45)(H,44,51)(H,48,49)(H4,36,37,41);17-22,25,41H,4-16,32-33H2,1-3H3,(H2,34,42)(H2,35,45)(H,36,47)(H,37,49)(H,38,50)(H,39,46)(H,40,48)(H,43,44)/t19-,22?,23-,24-,26-;18-,19-,20-,21-,22-,25-/m00/s1. The lowest BCUT2D eigenvalue weighted by Gasteiger charge is -2.28. The van der Waals surface area contributed by atoms with E-state index in [1.165, 1.54) is 20.9 Å². The first-order chi connectivity index (χ1) is 50.9. The summed E-state index contributed by atoms with van der Waals surface area (Å²) in [4.78, 5) is 202. The third-order valence-electron chi connectivity index (χ3n) is 15.4. The number of rotatable bonds is 55. The number of nitrogens with one attached hydrogen (secondary N) is 11. The molecule has 0 aliphatic heterocycles. The molecule has 0 fully saturated rings. The van der Waals surface area contributed by atoms with Crippen molar-refractivity contribution in [2.45, 2.75) is 183 Å². The van der Waals surface area contributed by atoms with Gasteiger partial charge in [0.05, 0.1) is 43.4 Å². The summed E-state index contributed by atoms with van der Waals surface area (Å²) >= 11 is 2.11. The van der Waals surface area contributed by atoms with Gasteiger partial charge in [-0.05, 0) is 96.2 Å². The van der Waals surface area contributed by atoms with Gasteiger partial charge in [-0.2, -0.15) is 0 Å². The van der Waals surface area contributed by atoms with Crippen molar-refractivity contribution >= 4 is 123 Å². The van der Waals surface area contributed by atoms with Crippen LogP contribution in [0.2, 0.25) is 0 Å². The molecule has 13 amide bonds. The van der Waals surface area contributed by atoms with Crippen LogP contribution in [0.1, 0.15) is 125 Å². The molecule has 1 aliphatic rings. The number of carboxylic acids is 2. The van der Waals surface area contributed by atoms with Crippen molar-refractivity contribution in [1.82, 2.24) is 58.5 Å². The van der Waals surface area contributed by atoms with Gasteiger partial charge < -0.3 is 132 Å². The molecule has 0 aromatic heterocycles. The molecule has 43 heteroatoms. The average Bonchev–Trinajstić information content (AvgIpc) is 0.889. The van der Waals surface area contributed by atoms with Gasteiger partial charge in [0.15, 0.2) is 12.1 Å². The molecule has 0 spiro atoms. The lowest BCUT2D eigenvalue weighted by Crippen LogP contribution is -2.60. The molecule has 0 aromatic carbocycles. The Labute approximate surface area is 638 Å². The predicted octanol–water partition coefficient (Wildman–Crippen LogP) is -6.91. The number of aliphatic hydroxyl groups is 2. The van der Waals surface area contributed by atoms with E-state index in [1.807, 2.05) is 0 Å². The number of alkyl halides is 1. The number of halogens is 1. The van der Waals surface area contributed by atoms with Crippen LogP contribution in [-0.2, 0) is 95.7 Å². The first kappa shape index (κ1) is 98.6. The zero-order valence-corrected chi connectivity index (χ0v) is 63.9. The van der Waals surface area contributed by atoms with Gasteiger partial charge in [-0.1, -0.05) is 61.4 Å². The first-order valence-corrected chi connectivity index (χ1v) is 36.0. The van der Waals surface area contributed by atoms with Crippen molar-refractivity contribution in [3.63, 3.8) is 0 Å². The number of aliphatic hydroxyl groups excluding tert-OH is 2. The zero-order valence-electron chi connectivity index (χ0n) is 61.7. The summed E-state index contributed by atoms with van der Waals surface area (Å²) in [7, 11) is 1.35. The molecule has 0 saturated carbocycles. The van der Waals surface area contributed by atoms with Crippen molar-refractivity contribution in [3.8, 4) is 0 Å². The van der Waals surface area contributed by atoms with Gasteiger partial charge in [-0.25, -0.2) is 4.79 Å². The van der Waals surface area contributed by atoms with Crippen molar-refractivity contribution in [3.05, 3.63) is 23.5 Å². The average molecular weight is 1660 g/mol. The van der Waals surface area contributed by atoms with Gasteiger partial charge in [-0.3, -0.25) is 76.9 Å². The van der Waals surface area contributed by atoms with Gasteiger partial charge in [0, 0.05) is 52.4 Å². The normalized spacial score (nSPS) is 15.0. The number of aliphatic imine (C=N–C) groups is 1. The molecule has 108 heavy (non-hydrogen) atoms. The summed E-state index contributed by atoms with van der Waals surface area (Å²) in [6, 6.07) is -9.92. The van der Waals surface area contributed by atoms with Crippen LogP contribution >= 0.6 is 22.6 Å². The largest absolute Gasteiger partial charge is 0.511 e.